The molecular weight excluding hydrogens is 424 g/mol. The molecular formula is C24H24N4O3S. The van der Waals surface area contributed by atoms with Gasteiger partial charge in [-0.2, -0.15) is 0 Å². The zero-order valence-electron chi connectivity index (χ0n) is 18.2. The van der Waals surface area contributed by atoms with Crippen molar-refractivity contribution in [2.75, 3.05) is 11.9 Å². The maximum Gasteiger partial charge on any atom is 0.295 e. The fourth-order valence-corrected chi connectivity index (χ4v) is 4.27. The second-order valence-electron chi connectivity index (χ2n) is 7.26. The molecule has 0 unspecified atom stereocenters. The summed E-state index contributed by atoms with van der Waals surface area (Å²) in [4.78, 5) is 30.2. The van der Waals surface area contributed by atoms with Gasteiger partial charge in [-0.25, -0.2) is 9.67 Å². The zero-order valence-corrected chi connectivity index (χ0v) is 19.0. The molecule has 0 atom stereocenters. The zero-order chi connectivity index (χ0) is 22.7. The fraction of sp³-hybridized carbons (Fsp3) is 0.208. The number of nitrogens with one attached hydrogen (secondary N) is 1. The van der Waals surface area contributed by atoms with Crippen LogP contribution < -0.4 is 15.6 Å². The number of rotatable bonds is 7. The summed E-state index contributed by atoms with van der Waals surface area (Å²) >= 11 is 1.48. The molecule has 1 amide bonds. The number of carbonyl (C=O) groups is 1. The molecule has 0 spiro atoms. The Hall–Kier alpha value is -3.65. The first-order valence-electron chi connectivity index (χ1n) is 10.3. The highest BCUT2D eigenvalue weighted by Crippen LogP contribution is 2.26. The monoisotopic (exact) mass is 448 g/mol. The lowest BCUT2D eigenvalue weighted by molar-refractivity contribution is -0.115. The molecule has 7 nitrogen and oxygen atoms in total. The van der Waals surface area contributed by atoms with E-state index in [9.17, 15) is 9.59 Å². The summed E-state index contributed by atoms with van der Waals surface area (Å²) < 4.78 is 8.75. The molecule has 0 fully saturated rings. The van der Waals surface area contributed by atoms with Crippen LogP contribution in [-0.2, 0) is 18.3 Å². The van der Waals surface area contributed by atoms with E-state index >= 15 is 0 Å². The summed E-state index contributed by atoms with van der Waals surface area (Å²) in [6, 6.07) is 17.0. The fourth-order valence-electron chi connectivity index (χ4n) is 3.44. The van der Waals surface area contributed by atoms with Crippen molar-refractivity contribution < 1.29 is 9.53 Å². The minimum atomic E-state index is -0.278. The van der Waals surface area contributed by atoms with E-state index in [1.807, 2.05) is 73.8 Å². The maximum absolute atomic E-state index is 13.0. The van der Waals surface area contributed by atoms with Crippen LogP contribution >= 0.6 is 11.3 Å². The number of thiazole rings is 1. The summed E-state index contributed by atoms with van der Waals surface area (Å²) in [6.45, 7) is 4.37. The predicted molar refractivity (Wildman–Crippen MR) is 127 cm³/mol. The largest absolute Gasteiger partial charge is 0.494 e. The molecule has 8 heteroatoms. The molecule has 0 aliphatic rings. The Kier molecular flexibility index (Phi) is 6.23. The summed E-state index contributed by atoms with van der Waals surface area (Å²) in [7, 11) is 1.79. The molecule has 164 valence electrons. The molecule has 0 saturated carbocycles. The number of ether oxygens (including phenoxy) is 1. The van der Waals surface area contributed by atoms with Crippen LogP contribution in [0.5, 0.6) is 5.75 Å². The highest BCUT2D eigenvalue weighted by molar-refractivity contribution is 7.13. The lowest BCUT2D eigenvalue weighted by Gasteiger charge is -2.07. The van der Waals surface area contributed by atoms with Crippen LogP contribution in [0.1, 0.15) is 18.3 Å². The molecule has 0 bridgehead atoms. The molecule has 4 aromatic rings. The Bertz CT molecular complexity index is 1290. The predicted octanol–water partition coefficient (Wildman–Crippen LogP) is 4.19. The Labute approximate surface area is 189 Å². The van der Waals surface area contributed by atoms with Crippen LogP contribution in [0.4, 0.5) is 5.69 Å². The van der Waals surface area contributed by atoms with Crippen molar-refractivity contribution in [2.24, 2.45) is 7.05 Å². The number of hydrogen-bond donors (Lipinski definition) is 1. The molecule has 0 aliphatic heterocycles. The normalized spacial score (nSPS) is 10.8. The first kappa shape index (κ1) is 21.6. The van der Waals surface area contributed by atoms with E-state index in [0.29, 0.717) is 18.0 Å². The summed E-state index contributed by atoms with van der Waals surface area (Å²) in [6.07, 6.45) is 0.0899. The van der Waals surface area contributed by atoms with E-state index in [2.05, 4.69) is 10.3 Å². The standard InChI is InChI=1S/C24H24N4O3S/c1-4-31-20-12-10-17(11-13-20)23-25-18(15-32-23)14-21(29)26-22-16(2)27(3)28(24(22)30)19-8-6-5-7-9-19/h5-13,15H,4,14H2,1-3H3,(H,26,29). The molecule has 0 saturated heterocycles. The van der Waals surface area contributed by atoms with Crippen LogP contribution in [0.2, 0.25) is 0 Å². The summed E-state index contributed by atoms with van der Waals surface area (Å²) in [5.74, 6) is 0.534. The van der Waals surface area contributed by atoms with Crippen LogP contribution in [0.25, 0.3) is 16.3 Å². The van der Waals surface area contributed by atoms with Gasteiger partial charge in [0.1, 0.15) is 16.4 Å². The minimum absolute atomic E-state index is 0.0899. The maximum atomic E-state index is 13.0. The van der Waals surface area contributed by atoms with E-state index in [1.165, 1.54) is 16.0 Å². The number of anilines is 1. The number of nitrogens with zero attached hydrogens (tertiary/aromatic N) is 3. The highest BCUT2D eigenvalue weighted by atomic mass is 32.1. The molecule has 2 aromatic carbocycles. The summed E-state index contributed by atoms with van der Waals surface area (Å²) in [5.41, 5.74) is 3.06. The summed E-state index contributed by atoms with van der Waals surface area (Å²) in [5, 5.41) is 5.48. The second kappa shape index (κ2) is 9.23. The van der Waals surface area contributed by atoms with Crippen molar-refractivity contribution in [1.82, 2.24) is 14.3 Å². The van der Waals surface area contributed by atoms with Crippen LogP contribution in [0, 0.1) is 6.92 Å². The van der Waals surface area contributed by atoms with Crippen LogP contribution in [0.15, 0.2) is 64.8 Å². The third-order valence-electron chi connectivity index (χ3n) is 5.12. The van der Waals surface area contributed by atoms with Crippen molar-refractivity contribution in [3.8, 4) is 22.0 Å². The van der Waals surface area contributed by atoms with E-state index in [1.54, 1.807) is 11.7 Å². The number of hydrogen-bond acceptors (Lipinski definition) is 5. The molecule has 2 aromatic heterocycles. The third-order valence-corrected chi connectivity index (χ3v) is 6.06. The van der Waals surface area contributed by atoms with Gasteiger partial charge in [-0.3, -0.25) is 14.3 Å². The van der Waals surface area contributed by atoms with Crippen molar-refractivity contribution in [2.45, 2.75) is 20.3 Å². The third kappa shape index (κ3) is 4.36. The van der Waals surface area contributed by atoms with E-state index in [4.69, 9.17) is 4.74 Å². The average Bonchev–Trinajstić information content (AvgIpc) is 3.34. The lowest BCUT2D eigenvalue weighted by Crippen LogP contribution is -2.23. The van der Waals surface area contributed by atoms with Gasteiger partial charge < -0.3 is 10.1 Å². The molecule has 0 radical (unpaired) electrons. The Morgan fingerprint density at radius 2 is 1.84 bits per heavy atom. The van der Waals surface area contributed by atoms with Crippen molar-refractivity contribution in [1.29, 1.82) is 0 Å². The second-order valence-corrected chi connectivity index (χ2v) is 8.12. The first-order chi connectivity index (χ1) is 15.5. The van der Waals surface area contributed by atoms with Gasteiger partial charge in [-0.1, -0.05) is 18.2 Å². The van der Waals surface area contributed by atoms with Gasteiger partial charge in [-0.15, -0.1) is 11.3 Å². The molecule has 4 rings (SSSR count). The van der Waals surface area contributed by atoms with E-state index in [-0.39, 0.29) is 23.6 Å². The van der Waals surface area contributed by atoms with Crippen LogP contribution in [-0.4, -0.2) is 26.9 Å². The van der Waals surface area contributed by atoms with Gasteiger partial charge in [0.25, 0.3) is 5.56 Å². The topological polar surface area (TPSA) is 78.2 Å². The quantitative estimate of drug-likeness (QED) is 0.460. The van der Waals surface area contributed by atoms with Crippen molar-refractivity contribution in [3.05, 3.63) is 81.7 Å². The van der Waals surface area contributed by atoms with Gasteiger partial charge in [-0.05, 0) is 50.2 Å². The van der Waals surface area contributed by atoms with Crippen molar-refractivity contribution in [3.63, 3.8) is 0 Å². The van der Waals surface area contributed by atoms with Gasteiger partial charge in [0.05, 0.1) is 30.1 Å². The van der Waals surface area contributed by atoms with Gasteiger partial charge in [0, 0.05) is 18.0 Å². The average molecular weight is 449 g/mol. The minimum Gasteiger partial charge on any atom is -0.494 e. The number of benzene rings is 2. The van der Waals surface area contributed by atoms with Gasteiger partial charge in [0.15, 0.2) is 0 Å². The smallest absolute Gasteiger partial charge is 0.295 e. The number of amides is 1. The molecule has 32 heavy (non-hydrogen) atoms. The molecule has 2 heterocycles. The van der Waals surface area contributed by atoms with Crippen LogP contribution in [0.3, 0.4) is 0 Å². The van der Waals surface area contributed by atoms with E-state index < -0.39 is 0 Å². The SMILES string of the molecule is CCOc1ccc(-c2nc(CC(=O)Nc3c(C)n(C)n(-c4ccccc4)c3=O)cs2)cc1. The number of carbonyl (C=O) groups excluding carboxylic acids is 1. The first-order valence-corrected chi connectivity index (χ1v) is 11.2. The number of aromatic nitrogens is 3. The molecule has 0 aliphatic carbocycles. The lowest BCUT2D eigenvalue weighted by atomic mass is 10.2. The van der Waals surface area contributed by atoms with Gasteiger partial charge in [0.2, 0.25) is 5.91 Å². The Morgan fingerprint density at radius 3 is 2.53 bits per heavy atom. The Balaban J connectivity index is 1.49. The van der Waals surface area contributed by atoms with Gasteiger partial charge >= 0.3 is 0 Å². The number of para-hydroxylation sites is 1. The molecule has 1 N–H and O–H groups in total. The highest BCUT2D eigenvalue weighted by Gasteiger charge is 2.19. The van der Waals surface area contributed by atoms with Crippen molar-refractivity contribution >= 4 is 22.9 Å². The Morgan fingerprint density at radius 1 is 1.12 bits per heavy atom. The van der Waals surface area contributed by atoms with E-state index in [0.717, 1.165) is 22.0 Å².